The number of hydrogen-bond acceptors (Lipinski definition) is 5. The topological polar surface area (TPSA) is 76.8 Å². The Kier molecular flexibility index (Phi) is 11.0. The maximum atomic E-state index is 11.8. The standard InChI is InChI=1S/C16H25N3O3.2ClH/c1-12(17)16(20)18-11-15(19-7-9-22-10-8-19)13-3-5-14(21-2)6-4-13;;/h3-6,12,15H,7-11,17H2,1-2H3,(H,18,20);2*1H/t12-,15?;;/m1../s1. The highest BCUT2D eigenvalue weighted by Gasteiger charge is 2.23. The average Bonchev–Trinajstić information content (AvgIpc) is 2.56. The Hall–Kier alpha value is -1.05. The molecule has 138 valence electrons. The van der Waals surface area contributed by atoms with Crippen molar-refractivity contribution in [1.29, 1.82) is 0 Å². The van der Waals surface area contributed by atoms with Crippen molar-refractivity contribution in [2.24, 2.45) is 5.73 Å². The number of methoxy groups -OCH3 is 1. The summed E-state index contributed by atoms with van der Waals surface area (Å²) in [6.45, 7) is 5.36. The molecule has 0 radical (unpaired) electrons. The Morgan fingerprint density at radius 2 is 1.88 bits per heavy atom. The number of nitrogens with two attached hydrogens (primary N) is 1. The minimum Gasteiger partial charge on any atom is -0.497 e. The van der Waals surface area contributed by atoms with Crippen LogP contribution in [-0.2, 0) is 9.53 Å². The molecule has 0 aliphatic carbocycles. The Morgan fingerprint density at radius 1 is 1.29 bits per heavy atom. The van der Waals surface area contributed by atoms with Crippen LogP contribution in [0.1, 0.15) is 18.5 Å². The van der Waals surface area contributed by atoms with E-state index in [1.165, 1.54) is 0 Å². The summed E-state index contributed by atoms with van der Waals surface area (Å²) in [4.78, 5) is 14.1. The van der Waals surface area contributed by atoms with Crippen LogP contribution < -0.4 is 15.8 Å². The first-order valence-corrected chi connectivity index (χ1v) is 7.61. The van der Waals surface area contributed by atoms with E-state index < -0.39 is 6.04 Å². The number of carbonyl (C=O) groups excluding carboxylic acids is 1. The predicted octanol–water partition coefficient (Wildman–Crippen LogP) is 1.38. The number of benzene rings is 1. The molecule has 1 amide bonds. The van der Waals surface area contributed by atoms with E-state index in [1.54, 1.807) is 14.0 Å². The molecule has 1 heterocycles. The van der Waals surface area contributed by atoms with E-state index in [4.69, 9.17) is 15.2 Å². The second-order valence-electron chi connectivity index (χ2n) is 5.47. The molecule has 24 heavy (non-hydrogen) atoms. The van der Waals surface area contributed by atoms with E-state index >= 15 is 0 Å². The lowest BCUT2D eigenvalue weighted by molar-refractivity contribution is -0.122. The molecule has 3 N–H and O–H groups in total. The zero-order valence-corrected chi connectivity index (χ0v) is 15.7. The second kappa shape index (κ2) is 11.5. The monoisotopic (exact) mass is 379 g/mol. The maximum absolute atomic E-state index is 11.8. The highest BCUT2D eigenvalue weighted by molar-refractivity contribution is 5.85. The van der Waals surface area contributed by atoms with Gasteiger partial charge in [0.1, 0.15) is 5.75 Å². The summed E-state index contributed by atoms with van der Waals surface area (Å²) >= 11 is 0. The van der Waals surface area contributed by atoms with Gasteiger partial charge in [-0.15, -0.1) is 24.8 Å². The Bertz CT molecular complexity index is 480. The number of amides is 1. The van der Waals surface area contributed by atoms with E-state index in [0.717, 1.165) is 24.4 Å². The van der Waals surface area contributed by atoms with Crippen molar-refractivity contribution in [3.05, 3.63) is 29.8 Å². The van der Waals surface area contributed by atoms with Crippen LogP contribution in [-0.4, -0.2) is 56.8 Å². The van der Waals surface area contributed by atoms with Crippen LogP contribution in [0, 0.1) is 0 Å². The molecule has 1 aromatic rings. The predicted molar refractivity (Wildman–Crippen MR) is 99.3 cm³/mol. The van der Waals surface area contributed by atoms with Crippen molar-refractivity contribution in [2.75, 3.05) is 40.0 Å². The SMILES string of the molecule is COc1ccc(C(CNC(=O)[C@@H](C)N)N2CCOCC2)cc1.Cl.Cl. The van der Waals surface area contributed by atoms with Gasteiger partial charge in [0.15, 0.2) is 0 Å². The average molecular weight is 380 g/mol. The van der Waals surface area contributed by atoms with Crippen molar-refractivity contribution in [3.8, 4) is 5.75 Å². The molecule has 1 unspecified atom stereocenters. The summed E-state index contributed by atoms with van der Waals surface area (Å²) in [5.74, 6) is 0.691. The molecule has 8 heteroatoms. The van der Waals surface area contributed by atoms with Crippen LogP contribution in [0.4, 0.5) is 0 Å². The van der Waals surface area contributed by atoms with Gasteiger partial charge in [-0.2, -0.15) is 0 Å². The molecule has 2 rings (SSSR count). The normalized spacial score (nSPS) is 17.0. The van der Waals surface area contributed by atoms with Gasteiger partial charge in [-0.25, -0.2) is 0 Å². The number of carbonyl (C=O) groups is 1. The zero-order valence-electron chi connectivity index (χ0n) is 14.1. The minimum atomic E-state index is -0.499. The summed E-state index contributed by atoms with van der Waals surface area (Å²) in [6.07, 6.45) is 0. The lowest BCUT2D eigenvalue weighted by Gasteiger charge is -2.35. The van der Waals surface area contributed by atoms with Crippen molar-refractivity contribution in [2.45, 2.75) is 19.0 Å². The Balaban J connectivity index is 0.00000264. The van der Waals surface area contributed by atoms with Crippen molar-refractivity contribution in [3.63, 3.8) is 0 Å². The lowest BCUT2D eigenvalue weighted by atomic mass is 10.0. The largest absolute Gasteiger partial charge is 0.497 e. The molecule has 1 aromatic carbocycles. The number of nitrogens with zero attached hydrogens (tertiary/aromatic N) is 1. The summed E-state index contributed by atoms with van der Waals surface area (Å²) < 4.78 is 10.6. The van der Waals surface area contributed by atoms with E-state index in [2.05, 4.69) is 10.2 Å². The highest BCUT2D eigenvalue weighted by atomic mass is 35.5. The summed E-state index contributed by atoms with van der Waals surface area (Å²) in [5.41, 5.74) is 6.76. The second-order valence-corrected chi connectivity index (χ2v) is 5.47. The van der Waals surface area contributed by atoms with Crippen LogP contribution in [0.15, 0.2) is 24.3 Å². The molecular weight excluding hydrogens is 353 g/mol. The van der Waals surface area contributed by atoms with Gasteiger partial charge in [-0.1, -0.05) is 12.1 Å². The van der Waals surface area contributed by atoms with Gasteiger partial charge < -0.3 is 20.5 Å². The van der Waals surface area contributed by atoms with Gasteiger partial charge in [0, 0.05) is 19.6 Å². The van der Waals surface area contributed by atoms with Crippen molar-refractivity contribution in [1.82, 2.24) is 10.2 Å². The van der Waals surface area contributed by atoms with Crippen LogP contribution in [0.2, 0.25) is 0 Å². The summed E-state index contributed by atoms with van der Waals surface area (Å²) in [7, 11) is 1.65. The third kappa shape index (κ3) is 6.45. The van der Waals surface area contributed by atoms with E-state index in [0.29, 0.717) is 19.8 Å². The molecule has 1 aliphatic rings. The summed E-state index contributed by atoms with van der Waals surface area (Å²) in [6, 6.07) is 7.57. The first-order chi connectivity index (χ1) is 10.6. The zero-order chi connectivity index (χ0) is 15.9. The number of halogens is 2. The first kappa shape index (κ1) is 22.9. The quantitative estimate of drug-likeness (QED) is 0.780. The van der Waals surface area contributed by atoms with E-state index in [9.17, 15) is 4.79 Å². The van der Waals surface area contributed by atoms with Gasteiger partial charge >= 0.3 is 0 Å². The smallest absolute Gasteiger partial charge is 0.236 e. The Morgan fingerprint density at radius 3 is 2.38 bits per heavy atom. The van der Waals surface area contributed by atoms with Gasteiger partial charge in [0.05, 0.1) is 32.4 Å². The number of ether oxygens (including phenoxy) is 2. The summed E-state index contributed by atoms with van der Waals surface area (Å²) in [5, 5.41) is 2.93. The maximum Gasteiger partial charge on any atom is 0.236 e. The fourth-order valence-corrected chi connectivity index (χ4v) is 2.53. The molecule has 1 aliphatic heterocycles. The van der Waals surface area contributed by atoms with E-state index in [-0.39, 0.29) is 36.8 Å². The van der Waals surface area contributed by atoms with Crippen LogP contribution >= 0.6 is 24.8 Å². The molecule has 0 aromatic heterocycles. The fraction of sp³-hybridized carbons (Fsp3) is 0.562. The molecule has 6 nitrogen and oxygen atoms in total. The fourth-order valence-electron chi connectivity index (χ4n) is 2.53. The van der Waals surface area contributed by atoms with Crippen LogP contribution in [0.25, 0.3) is 0 Å². The molecular formula is C16H27Cl2N3O3. The van der Waals surface area contributed by atoms with E-state index in [1.807, 2.05) is 24.3 Å². The van der Waals surface area contributed by atoms with Gasteiger partial charge in [0.25, 0.3) is 0 Å². The minimum absolute atomic E-state index is 0. The number of morpholine rings is 1. The highest BCUT2D eigenvalue weighted by Crippen LogP contribution is 2.23. The first-order valence-electron chi connectivity index (χ1n) is 7.61. The third-order valence-electron chi connectivity index (χ3n) is 3.87. The molecule has 1 saturated heterocycles. The Labute approximate surface area is 155 Å². The molecule has 2 atom stereocenters. The molecule has 1 fully saturated rings. The van der Waals surface area contributed by atoms with Crippen LogP contribution in [0.3, 0.4) is 0 Å². The molecule has 0 bridgehead atoms. The van der Waals surface area contributed by atoms with Crippen molar-refractivity contribution >= 4 is 30.7 Å². The van der Waals surface area contributed by atoms with Gasteiger partial charge in [-0.3, -0.25) is 9.69 Å². The van der Waals surface area contributed by atoms with Crippen LogP contribution in [0.5, 0.6) is 5.75 Å². The number of nitrogens with one attached hydrogen (secondary N) is 1. The lowest BCUT2D eigenvalue weighted by Crippen LogP contribution is -2.46. The molecule has 0 spiro atoms. The van der Waals surface area contributed by atoms with Gasteiger partial charge in [0.2, 0.25) is 5.91 Å². The van der Waals surface area contributed by atoms with Gasteiger partial charge in [-0.05, 0) is 24.6 Å². The van der Waals surface area contributed by atoms with Crippen molar-refractivity contribution < 1.29 is 14.3 Å². The molecule has 0 saturated carbocycles. The number of hydrogen-bond donors (Lipinski definition) is 2. The third-order valence-corrected chi connectivity index (χ3v) is 3.87. The number of rotatable bonds is 6.